The number of H-pyrrole nitrogens is 1. The van der Waals surface area contributed by atoms with Crippen molar-refractivity contribution in [3.05, 3.63) is 71.2 Å². The molecule has 0 spiro atoms. The Bertz CT molecular complexity index is 930. The highest BCUT2D eigenvalue weighted by Crippen LogP contribution is 2.24. The second kappa shape index (κ2) is 6.29. The molecular formula is C19H15N3O. The van der Waals surface area contributed by atoms with Crippen LogP contribution in [0.15, 0.2) is 54.5 Å². The molecule has 0 bridgehead atoms. The van der Waals surface area contributed by atoms with Crippen molar-refractivity contribution >= 4 is 22.8 Å². The molecule has 3 rings (SSSR count). The number of benzene rings is 1. The van der Waals surface area contributed by atoms with E-state index in [0.717, 1.165) is 28.5 Å². The lowest BCUT2D eigenvalue weighted by Gasteiger charge is -2.01. The molecule has 2 heterocycles. The lowest BCUT2D eigenvalue weighted by molar-refractivity contribution is 0.104. The van der Waals surface area contributed by atoms with E-state index in [1.54, 1.807) is 30.7 Å². The number of aryl methyl sites for hydroxylation is 1. The van der Waals surface area contributed by atoms with Gasteiger partial charge in [0.1, 0.15) is 11.6 Å². The maximum atomic E-state index is 12.7. The van der Waals surface area contributed by atoms with E-state index in [4.69, 9.17) is 0 Å². The Morgan fingerprint density at radius 3 is 2.91 bits per heavy atom. The molecule has 2 aromatic heterocycles. The number of hydrogen-bond acceptors (Lipinski definition) is 3. The minimum atomic E-state index is -0.282. The molecule has 0 saturated carbocycles. The third-order valence-corrected chi connectivity index (χ3v) is 3.79. The van der Waals surface area contributed by atoms with Crippen molar-refractivity contribution in [2.75, 3.05) is 0 Å². The number of carbonyl (C=O) groups excluding carboxylic acids is 1. The number of aromatic nitrogens is 2. The van der Waals surface area contributed by atoms with Gasteiger partial charge in [0.25, 0.3) is 0 Å². The summed E-state index contributed by atoms with van der Waals surface area (Å²) in [5.41, 5.74) is 3.45. The van der Waals surface area contributed by atoms with Crippen molar-refractivity contribution in [2.24, 2.45) is 0 Å². The fourth-order valence-corrected chi connectivity index (χ4v) is 2.62. The van der Waals surface area contributed by atoms with Crippen molar-refractivity contribution < 1.29 is 4.79 Å². The number of allylic oxidation sites excluding steroid dienone is 1. The first kappa shape index (κ1) is 14.7. The standard InChI is InChI=1S/C19H15N3O/c1-2-14-6-3-7-16-17(12-22-18(14)16)19(23)15(10-20)9-13-5-4-8-21-11-13/h3-9,11-12,22H,2H2,1H3/b15-9-. The number of ketones is 1. The summed E-state index contributed by atoms with van der Waals surface area (Å²) in [6, 6.07) is 11.4. The van der Waals surface area contributed by atoms with E-state index < -0.39 is 0 Å². The Morgan fingerprint density at radius 1 is 1.35 bits per heavy atom. The molecule has 1 aromatic carbocycles. The number of nitrogens with one attached hydrogen (secondary N) is 1. The van der Waals surface area contributed by atoms with Crippen LogP contribution in [-0.2, 0) is 6.42 Å². The van der Waals surface area contributed by atoms with Gasteiger partial charge in [-0.1, -0.05) is 31.2 Å². The van der Waals surface area contributed by atoms with Gasteiger partial charge in [-0.2, -0.15) is 5.26 Å². The van der Waals surface area contributed by atoms with Crippen LogP contribution in [0.1, 0.15) is 28.4 Å². The zero-order valence-corrected chi connectivity index (χ0v) is 12.7. The summed E-state index contributed by atoms with van der Waals surface area (Å²) in [5.74, 6) is -0.282. The number of aromatic amines is 1. The number of Topliss-reactive ketones (excluding diaryl/α,β-unsaturated/α-hetero) is 1. The number of nitriles is 1. The van der Waals surface area contributed by atoms with E-state index in [1.165, 1.54) is 0 Å². The Hall–Kier alpha value is -3.19. The molecule has 0 radical (unpaired) electrons. The smallest absolute Gasteiger partial charge is 0.205 e. The average Bonchev–Trinajstić information content (AvgIpc) is 3.04. The first-order chi connectivity index (χ1) is 11.2. The lowest BCUT2D eigenvalue weighted by Crippen LogP contribution is -2.01. The van der Waals surface area contributed by atoms with Crippen LogP contribution in [0.2, 0.25) is 0 Å². The van der Waals surface area contributed by atoms with Gasteiger partial charge in [0.05, 0.1) is 0 Å². The van der Waals surface area contributed by atoms with Gasteiger partial charge < -0.3 is 4.98 Å². The maximum Gasteiger partial charge on any atom is 0.205 e. The molecule has 0 atom stereocenters. The van der Waals surface area contributed by atoms with Crippen LogP contribution in [0.5, 0.6) is 0 Å². The third-order valence-electron chi connectivity index (χ3n) is 3.79. The molecule has 0 aliphatic heterocycles. The zero-order valence-electron chi connectivity index (χ0n) is 12.7. The molecule has 0 saturated heterocycles. The van der Waals surface area contributed by atoms with Gasteiger partial charge in [-0.25, -0.2) is 0 Å². The van der Waals surface area contributed by atoms with E-state index in [-0.39, 0.29) is 11.4 Å². The Labute approximate surface area is 134 Å². The summed E-state index contributed by atoms with van der Waals surface area (Å²) >= 11 is 0. The summed E-state index contributed by atoms with van der Waals surface area (Å²) in [7, 11) is 0. The van der Waals surface area contributed by atoms with Crippen molar-refractivity contribution in [1.29, 1.82) is 5.26 Å². The molecule has 0 aliphatic rings. The molecule has 0 amide bonds. The molecule has 23 heavy (non-hydrogen) atoms. The van der Waals surface area contributed by atoms with Crippen LogP contribution >= 0.6 is 0 Å². The predicted octanol–water partition coefficient (Wildman–Crippen LogP) is 3.92. The molecule has 0 aliphatic carbocycles. The topological polar surface area (TPSA) is 69.5 Å². The van der Waals surface area contributed by atoms with E-state index in [9.17, 15) is 10.1 Å². The quantitative estimate of drug-likeness (QED) is 0.451. The van der Waals surface area contributed by atoms with Gasteiger partial charge >= 0.3 is 0 Å². The molecule has 112 valence electrons. The molecule has 0 unspecified atom stereocenters. The molecule has 4 nitrogen and oxygen atoms in total. The fraction of sp³-hybridized carbons (Fsp3) is 0.105. The van der Waals surface area contributed by atoms with Crippen LogP contribution in [0.25, 0.3) is 17.0 Å². The van der Waals surface area contributed by atoms with Crippen LogP contribution < -0.4 is 0 Å². The number of rotatable bonds is 4. The van der Waals surface area contributed by atoms with Gasteiger partial charge in [0.15, 0.2) is 0 Å². The summed E-state index contributed by atoms with van der Waals surface area (Å²) in [6.07, 6.45) is 7.40. The highest BCUT2D eigenvalue weighted by molar-refractivity contribution is 6.20. The first-order valence-electron chi connectivity index (χ1n) is 7.40. The summed E-state index contributed by atoms with van der Waals surface area (Å²) in [6.45, 7) is 2.07. The zero-order chi connectivity index (χ0) is 16.2. The summed E-state index contributed by atoms with van der Waals surface area (Å²) in [5, 5.41) is 10.2. The van der Waals surface area contributed by atoms with Crippen molar-refractivity contribution in [3.8, 4) is 6.07 Å². The lowest BCUT2D eigenvalue weighted by atomic mass is 10.00. The Balaban J connectivity index is 2.06. The maximum absolute atomic E-state index is 12.7. The van der Waals surface area contributed by atoms with Gasteiger partial charge in [0.2, 0.25) is 5.78 Å². The number of carbonyl (C=O) groups is 1. The average molecular weight is 301 g/mol. The minimum Gasteiger partial charge on any atom is -0.360 e. The largest absolute Gasteiger partial charge is 0.360 e. The second-order valence-corrected chi connectivity index (χ2v) is 5.18. The molecule has 3 aromatic rings. The SMILES string of the molecule is CCc1cccc2c(C(=O)/C(C#N)=C\c3cccnc3)c[nH]c12. The number of nitrogens with zero attached hydrogens (tertiary/aromatic N) is 2. The van der Waals surface area contributed by atoms with Crippen molar-refractivity contribution in [3.63, 3.8) is 0 Å². The predicted molar refractivity (Wildman–Crippen MR) is 89.8 cm³/mol. The summed E-state index contributed by atoms with van der Waals surface area (Å²) < 4.78 is 0. The van der Waals surface area contributed by atoms with Crippen molar-refractivity contribution in [1.82, 2.24) is 9.97 Å². The monoisotopic (exact) mass is 301 g/mol. The molecule has 4 heteroatoms. The number of para-hydroxylation sites is 1. The van der Waals surface area contributed by atoms with E-state index in [2.05, 4.69) is 16.9 Å². The van der Waals surface area contributed by atoms with Crippen LogP contribution in [0.4, 0.5) is 0 Å². The van der Waals surface area contributed by atoms with Gasteiger partial charge in [-0.15, -0.1) is 0 Å². The number of hydrogen-bond donors (Lipinski definition) is 1. The van der Waals surface area contributed by atoms with Gasteiger partial charge in [-0.05, 0) is 29.7 Å². The second-order valence-electron chi connectivity index (χ2n) is 5.18. The van der Waals surface area contributed by atoms with E-state index in [0.29, 0.717) is 5.56 Å². The highest BCUT2D eigenvalue weighted by atomic mass is 16.1. The molecular weight excluding hydrogens is 286 g/mol. The number of pyridine rings is 1. The Morgan fingerprint density at radius 2 is 2.22 bits per heavy atom. The van der Waals surface area contributed by atoms with Crippen LogP contribution in [0.3, 0.4) is 0 Å². The van der Waals surface area contributed by atoms with Crippen molar-refractivity contribution in [2.45, 2.75) is 13.3 Å². The van der Waals surface area contributed by atoms with E-state index in [1.807, 2.05) is 30.3 Å². The molecule has 0 fully saturated rings. The fourth-order valence-electron chi connectivity index (χ4n) is 2.62. The molecule has 1 N–H and O–H groups in total. The van der Waals surface area contributed by atoms with E-state index >= 15 is 0 Å². The normalized spacial score (nSPS) is 11.4. The van der Waals surface area contributed by atoms with Gasteiger partial charge in [-0.3, -0.25) is 9.78 Å². The van der Waals surface area contributed by atoms with Crippen LogP contribution in [0, 0.1) is 11.3 Å². The first-order valence-corrected chi connectivity index (χ1v) is 7.40. The minimum absolute atomic E-state index is 0.0980. The van der Waals surface area contributed by atoms with Crippen LogP contribution in [-0.4, -0.2) is 15.8 Å². The van der Waals surface area contributed by atoms with Gasteiger partial charge in [0, 0.05) is 35.1 Å². The summed E-state index contributed by atoms with van der Waals surface area (Å²) in [4.78, 5) is 19.9. The highest BCUT2D eigenvalue weighted by Gasteiger charge is 2.17. The number of fused-ring (bicyclic) bond motifs is 1. The third kappa shape index (κ3) is 2.77. The Kier molecular flexibility index (Phi) is 4.03.